The van der Waals surface area contributed by atoms with Gasteiger partial charge in [-0.3, -0.25) is 0 Å². The van der Waals surface area contributed by atoms with Gasteiger partial charge in [0, 0.05) is 11.3 Å². The third-order valence-electron chi connectivity index (χ3n) is 3.33. The second-order valence-electron chi connectivity index (χ2n) is 4.32. The average molecular weight is 259 g/mol. The van der Waals surface area contributed by atoms with Crippen molar-refractivity contribution in [3.8, 4) is 0 Å². The molecule has 2 atom stereocenters. The number of hydrogen-bond donors (Lipinski definition) is 2. The van der Waals surface area contributed by atoms with Crippen molar-refractivity contribution in [1.82, 2.24) is 10.2 Å². The first-order chi connectivity index (χ1) is 7.74. The van der Waals surface area contributed by atoms with Crippen molar-refractivity contribution in [2.24, 2.45) is 11.7 Å². The molecule has 1 aliphatic carbocycles. The number of hydrogen-bond acceptors (Lipinski definition) is 6. The van der Waals surface area contributed by atoms with Crippen LogP contribution in [0.1, 0.15) is 25.7 Å². The number of aliphatic hydroxyl groups is 1. The van der Waals surface area contributed by atoms with Crippen LogP contribution in [0.2, 0.25) is 0 Å². The van der Waals surface area contributed by atoms with Crippen LogP contribution < -0.4 is 5.73 Å². The van der Waals surface area contributed by atoms with E-state index in [4.69, 9.17) is 5.73 Å². The molecule has 1 aromatic heterocycles. The topological polar surface area (TPSA) is 72.0 Å². The molecule has 0 aromatic carbocycles. The van der Waals surface area contributed by atoms with Crippen molar-refractivity contribution >= 4 is 23.1 Å². The van der Waals surface area contributed by atoms with E-state index < -0.39 is 0 Å². The number of aromatic nitrogens is 2. The standard InChI is InChI=1S/C10H17N3OS2/c11-10(6-14)4-1-2-8(10)3-5-15-9-13-12-7-16-9/h7-8,14H,1-6,11H2. The maximum Gasteiger partial charge on any atom is 0.174 e. The third kappa shape index (κ3) is 2.74. The first-order valence-electron chi connectivity index (χ1n) is 5.53. The lowest BCUT2D eigenvalue weighted by molar-refractivity contribution is 0.158. The van der Waals surface area contributed by atoms with E-state index in [1.54, 1.807) is 28.6 Å². The van der Waals surface area contributed by atoms with Crippen LogP contribution in [-0.4, -0.2) is 33.2 Å². The highest BCUT2D eigenvalue weighted by molar-refractivity contribution is 8.00. The highest BCUT2D eigenvalue weighted by atomic mass is 32.2. The molecular formula is C10H17N3OS2. The predicted octanol–water partition coefficient (Wildman–Crippen LogP) is 1.51. The van der Waals surface area contributed by atoms with Gasteiger partial charge in [0.15, 0.2) is 4.34 Å². The van der Waals surface area contributed by atoms with E-state index in [-0.39, 0.29) is 12.1 Å². The van der Waals surface area contributed by atoms with Gasteiger partial charge in [-0.15, -0.1) is 10.2 Å². The first kappa shape index (κ1) is 12.3. The number of aliphatic hydroxyl groups excluding tert-OH is 1. The minimum absolute atomic E-state index is 0.112. The summed E-state index contributed by atoms with van der Waals surface area (Å²) in [5, 5.41) is 17.1. The van der Waals surface area contributed by atoms with Crippen LogP contribution in [0.25, 0.3) is 0 Å². The van der Waals surface area contributed by atoms with Crippen molar-refractivity contribution in [3.63, 3.8) is 0 Å². The summed E-state index contributed by atoms with van der Waals surface area (Å²) in [6, 6.07) is 0. The van der Waals surface area contributed by atoms with Crippen LogP contribution in [0, 0.1) is 5.92 Å². The SMILES string of the molecule is NC1(CO)CCCC1CCSc1nncs1. The van der Waals surface area contributed by atoms with E-state index in [0.717, 1.165) is 35.8 Å². The van der Waals surface area contributed by atoms with Crippen LogP contribution in [0.5, 0.6) is 0 Å². The van der Waals surface area contributed by atoms with Gasteiger partial charge >= 0.3 is 0 Å². The molecule has 2 unspecified atom stereocenters. The molecule has 1 aromatic rings. The molecule has 0 spiro atoms. The van der Waals surface area contributed by atoms with E-state index in [0.29, 0.717) is 5.92 Å². The van der Waals surface area contributed by atoms with Gasteiger partial charge in [-0.05, 0) is 25.2 Å². The van der Waals surface area contributed by atoms with E-state index >= 15 is 0 Å². The quantitative estimate of drug-likeness (QED) is 0.784. The van der Waals surface area contributed by atoms with Gasteiger partial charge in [0.25, 0.3) is 0 Å². The van der Waals surface area contributed by atoms with Gasteiger partial charge in [0.05, 0.1) is 6.61 Å². The molecule has 0 radical (unpaired) electrons. The maximum atomic E-state index is 9.33. The van der Waals surface area contributed by atoms with Crippen molar-refractivity contribution in [2.45, 2.75) is 35.6 Å². The second-order valence-corrected chi connectivity index (χ2v) is 6.50. The molecule has 6 heteroatoms. The van der Waals surface area contributed by atoms with Crippen LogP contribution in [0.3, 0.4) is 0 Å². The molecule has 90 valence electrons. The van der Waals surface area contributed by atoms with Gasteiger partial charge in [0.2, 0.25) is 0 Å². The Morgan fingerprint density at radius 3 is 3.25 bits per heavy atom. The van der Waals surface area contributed by atoms with Crippen molar-refractivity contribution in [3.05, 3.63) is 5.51 Å². The van der Waals surface area contributed by atoms with E-state index in [9.17, 15) is 5.11 Å². The van der Waals surface area contributed by atoms with Gasteiger partial charge < -0.3 is 10.8 Å². The molecule has 1 saturated carbocycles. The highest BCUT2D eigenvalue weighted by Gasteiger charge is 2.38. The molecule has 0 bridgehead atoms. The number of thioether (sulfide) groups is 1. The largest absolute Gasteiger partial charge is 0.394 e. The zero-order valence-electron chi connectivity index (χ0n) is 9.13. The van der Waals surface area contributed by atoms with E-state index in [1.165, 1.54) is 0 Å². The highest BCUT2D eigenvalue weighted by Crippen LogP contribution is 2.37. The van der Waals surface area contributed by atoms with Gasteiger partial charge in [-0.1, -0.05) is 29.5 Å². The summed E-state index contributed by atoms with van der Waals surface area (Å²) in [6.45, 7) is 0.112. The summed E-state index contributed by atoms with van der Waals surface area (Å²) in [4.78, 5) is 0. The molecule has 0 saturated heterocycles. The van der Waals surface area contributed by atoms with E-state index in [1.807, 2.05) is 0 Å². The molecule has 1 aliphatic rings. The van der Waals surface area contributed by atoms with Gasteiger partial charge in [0.1, 0.15) is 5.51 Å². The van der Waals surface area contributed by atoms with Crippen molar-refractivity contribution in [1.29, 1.82) is 0 Å². The molecule has 4 nitrogen and oxygen atoms in total. The molecule has 1 heterocycles. The lowest BCUT2D eigenvalue weighted by Gasteiger charge is -2.29. The summed E-state index contributed by atoms with van der Waals surface area (Å²) in [5.41, 5.74) is 7.59. The Kier molecular flexibility index (Phi) is 4.18. The Morgan fingerprint density at radius 2 is 2.56 bits per heavy atom. The lowest BCUT2D eigenvalue weighted by atomic mass is 9.87. The summed E-state index contributed by atoms with van der Waals surface area (Å²) in [7, 11) is 0. The number of nitrogens with two attached hydrogens (primary N) is 1. The fourth-order valence-corrected chi connectivity index (χ4v) is 3.94. The molecule has 0 aliphatic heterocycles. The molecule has 0 amide bonds. The minimum Gasteiger partial charge on any atom is -0.394 e. The van der Waals surface area contributed by atoms with Crippen LogP contribution >= 0.6 is 23.1 Å². The second kappa shape index (κ2) is 5.44. The van der Waals surface area contributed by atoms with Crippen LogP contribution in [0.15, 0.2) is 9.85 Å². The van der Waals surface area contributed by atoms with Crippen molar-refractivity contribution < 1.29 is 5.11 Å². The Labute approximate surface area is 104 Å². The Hall–Kier alpha value is -0.170. The average Bonchev–Trinajstić information content (AvgIpc) is 2.90. The molecular weight excluding hydrogens is 242 g/mol. The summed E-state index contributed by atoms with van der Waals surface area (Å²) in [6.07, 6.45) is 4.30. The maximum absolute atomic E-state index is 9.33. The lowest BCUT2D eigenvalue weighted by Crippen LogP contribution is -2.47. The monoisotopic (exact) mass is 259 g/mol. The molecule has 3 N–H and O–H groups in total. The van der Waals surface area contributed by atoms with Crippen LogP contribution in [0.4, 0.5) is 0 Å². The summed E-state index contributed by atoms with van der Waals surface area (Å²) >= 11 is 3.30. The minimum atomic E-state index is -0.332. The Balaban J connectivity index is 1.77. The van der Waals surface area contributed by atoms with Crippen LogP contribution in [-0.2, 0) is 0 Å². The Bertz CT molecular complexity index is 320. The summed E-state index contributed by atoms with van der Waals surface area (Å²) in [5.74, 6) is 1.47. The van der Waals surface area contributed by atoms with Gasteiger partial charge in [-0.25, -0.2) is 0 Å². The molecule has 16 heavy (non-hydrogen) atoms. The normalized spacial score (nSPS) is 29.8. The zero-order chi connectivity index (χ0) is 11.4. The first-order valence-corrected chi connectivity index (χ1v) is 7.40. The fraction of sp³-hybridized carbons (Fsp3) is 0.800. The van der Waals surface area contributed by atoms with Crippen molar-refractivity contribution in [2.75, 3.05) is 12.4 Å². The van der Waals surface area contributed by atoms with E-state index in [2.05, 4.69) is 10.2 Å². The number of rotatable bonds is 5. The predicted molar refractivity (Wildman–Crippen MR) is 66.6 cm³/mol. The smallest absolute Gasteiger partial charge is 0.174 e. The zero-order valence-corrected chi connectivity index (χ0v) is 10.8. The van der Waals surface area contributed by atoms with Gasteiger partial charge in [-0.2, -0.15) is 0 Å². The Morgan fingerprint density at radius 1 is 1.69 bits per heavy atom. The summed E-state index contributed by atoms with van der Waals surface area (Å²) < 4.78 is 1.02. The molecule has 1 fully saturated rings. The fourth-order valence-electron chi connectivity index (χ4n) is 2.32. The molecule has 2 rings (SSSR count). The number of nitrogens with zero attached hydrogens (tertiary/aromatic N) is 2. The third-order valence-corrected chi connectivity index (χ3v) is 5.23.